The van der Waals surface area contributed by atoms with Crippen LogP contribution >= 0.6 is 15.9 Å². The number of non-ortho nitro benzene ring substituents is 1. The average molecular weight is 459 g/mol. The molecule has 1 aromatic heterocycles. The molecule has 0 radical (unpaired) electrons. The van der Waals surface area contributed by atoms with Gasteiger partial charge in [0.1, 0.15) is 11.5 Å². The zero-order chi connectivity index (χ0) is 21.0. The molecule has 0 spiro atoms. The van der Waals surface area contributed by atoms with Crippen LogP contribution in [0.1, 0.15) is 17.7 Å². The lowest BCUT2D eigenvalue weighted by Crippen LogP contribution is -2.15. The van der Waals surface area contributed by atoms with Crippen LogP contribution in [0.5, 0.6) is 11.5 Å². The fourth-order valence-corrected chi connectivity index (χ4v) is 2.93. The fourth-order valence-electron chi connectivity index (χ4n) is 2.61. The number of halogens is 1. The van der Waals surface area contributed by atoms with Gasteiger partial charge in [0.25, 0.3) is 5.69 Å². The first kappa shape index (κ1) is 20.5. The molecule has 150 valence electrons. The van der Waals surface area contributed by atoms with E-state index in [1.54, 1.807) is 29.1 Å². The van der Waals surface area contributed by atoms with Gasteiger partial charge in [-0.25, -0.2) is 0 Å². The summed E-state index contributed by atoms with van der Waals surface area (Å²) >= 11 is 3.38. The van der Waals surface area contributed by atoms with Gasteiger partial charge in [-0.15, -0.1) is 0 Å². The van der Waals surface area contributed by atoms with E-state index < -0.39 is 4.92 Å². The first-order valence-corrected chi connectivity index (χ1v) is 9.63. The Hall–Kier alpha value is -3.20. The molecule has 0 aliphatic carbocycles. The Bertz CT molecular complexity index is 1030. The van der Waals surface area contributed by atoms with E-state index >= 15 is 0 Å². The highest BCUT2D eigenvalue weighted by Gasteiger charge is 2.13. The normalized spacial score (nSPS) is 10.6. The number of aryl methyl sites for hydroxylation is 3. The molecule has 0 unspecified atom stereocenters. The number of hydrogen-bond donors (Lipinski definition) is 1. The van der Waals surface area contributed by atoms with Crippen LogP contribution in [0.15, 0.2) is 53.1 Å². The summed E-state index contributed by atoms with van der Waals surface area (Å²) in [5, 5.41) is 18.2. The second-order valence-corrected chi connectivity index (χ2v) is 7.37. The fraction of sp³-hybridized carbons (Fsp3) is 0.200. The molecular weight excluding hydrogens is 440 g/mol. The average Bonchev–Trinajstić information content (AvgIpc) is 2.99. The third-order valence-corrected chi connectivity index (χ3v) is 4.88. The summed E-state index contributed by atoms with van der Waals surface area (Å²) in [6.45, 7) is 4.20. The third kappa shape index (κ3) is 5.64. The van der Waals surface area contributed by atoms with Gasteiger partial charge in [0.15, 0.2) is 0 Å². The highest BCUT2D eigenvalue weighted by atomic mass is 79.9. The molecule has 0 aliphatic rings. The maximum atomic E-state index is 12.3. The van der Waals surface area contributed by atoms with Gasteiger partial charge in [-0.2, -0.15) is 5.10 Å². The summed E-state index contributed by atoms with van der Waals surface area (Å²) in [5.41, 5.74) is 2.03. The Morgan fingerprint density at radius 1 is 1.21 bits per heavy atom. The summed E-state index contributed by atoms with van der Waals surface area (Å²) in [4.78, 5) is 23.0. The minimum Gasteiger partial charge on any atom is -0.457 e. The molecule has 0 saturated carbocycles. The van der Waals surface area contributed by atoms with Gasteiger partial charge in [-0.3, -0.25) is 19.6 Å². The number of hydrogen-bond acceptors (Lipinski definition) is 5. The van der Waals surface area contributed by atoms with Gasteiger partial charge in [-0.05, 0) is 41.9 Å². The molecule has 0 aliphatic heterocycles. The predicted molar refractivity (Wildman–Crippen MR) is 112 cm³/mol. The highest BCUT2D eigenvalue weighted by Crippen LogP contribution is 2.30. The van der Waals surface area contributed by atoms with Crippen molar-refractivity contribution in [3.8, 4) is 11.5 Å². The number of anilines is 1. The Morgan fingerprint density at radius 3 is 2.55 bits per heavy atom. The molecule has 3 aromatic rings. The van der Waals surface area contributed by atoms with Gasteiger partial charge in [0.05, 0.1) is 26.8 Å². The SMILES string of the molecule is Cc1ccc(Oc2cc(NC(=O)CCn3cc(Br)c(C)n3)cc([N+](=O)[O-])c2)cc1. The molecule has 0 fully saturated rings. The Kier molecular flexibility index (Phi) is 6.28. The second kappa shape index (κ2) is 8.87. The van der Waals surface area contributed by atoms with Gasteiger partial charge < -0.3 is 10.1 Å². The smallest absolute Gasteiger partial charge is 0.275 e. The Balaban J connectivity index is 1.71. The number of nitrogens with zero attached hydrogens (tertiary/aromatic N) is 3. The van der Waals surface area contributed by atoms with E-state index in [-0.39, 0.29) is 23.8 Å². The van der Waals surface area contributed by atoms with Gasteiger partial charge in [0.2, 0.25) is 5.91 Å². The number of nitrogens with one attached hydrogen (secondary N) is 1. The summed E-state index contributed by atoms with van der Waals surface area (Å²) in [6.07, 6.45) is 1.97. The van der Waals surface area contributed by atoms with Gasteiger partial charge >= 0.3 is 0 Å². The summed E-state index contributed by atoms with van der Waals surface area (Å²) in [6, 6.07) is 11.5. The van der Waals surface area contributed by atoms with Gasteiger partial charge in [-0.1, -0.05) is 17.7 Å². The molecule has 1 N–H and O–H groups in total. The van der Waals surface area contributed by atoms with Crippen LogP contribution in [0.3, 0.4) is 0 Å². The topological polar surface area (TPSA) is 99.3 Å². The number of rotatable bonds is 7. The first-order chi connectivity index (χ1) is 13.8. The zero-order valence-corrected chi connectivity index (χ0v) is 17.5. The van der Waals surface area contributed by atoms with Crippen LogP contribution in [-0.4, -0.2) is 20.6 Å². The van der Waals surface area contributed by atoms with Crippen molar-refractivity contribution >= 4 is 33.2 Å². The van der Waals surface area contributed by atoms with Crippen LogP contribution < -0.4 is 10.1 Å². The lowest BCUT2D eigenvalue weighted by molar-refractivity contribution is -0.384. The number of nitro groups is 1. The lowest BCUT2D eigenvalue weighted by atomic mass is 10.2. The standard InChI is InChI=1S/C20H19BrN4O4/c1-13-3-5-17(6-4-13)29-18-10-15(9-16(11-18)25(27)28)22-20(26)7-8-24-12-19(21)14(2)23-24/h3-6,9-12H,7-8H2,1-2H3,(H,22,26). The van der Waals surface area contributed by atoms with E-state index in [4.69, 9.17) is 4.74 Å². The number of carbonyl (C=O) groups is 1. The van der Waals surface area contributed by atoms with Crippen molar-refractivity contribution in [3.63, 3.8) is 0 Å². The maximum absolute atomic E-state index is 12.3. The lowest BCUT2D eigenvalue weighted by Gasteiger charge is -2.10. The van der Waals surface area contributed by atoms with Crippen LogP contribution in [0.25, 0.3) is 0 Å². The molecule has 0 saturated heterocycles. The summed E-state index contributed by atoms with van der Waals surface area (Å²) in [7, 11) is 0. The van der Waals surface area contributed by atoms with Crippen molar-refractivity contribution in [2.24, 2.45) is 0 Å². The minimum atomic E-state index is -0.526. The van der Waals surface area contributed by atoms with Crippen molar-refractivity contribution in [3.05, 3.63) is 74.5 Å². The van der Waals surface area contributed by atoms with Crippen molar-refractivity contribution in [1.29, 1.82) is 0 Å². The summed E-state index contributed by atoms with van der Waals surface area (Å²) in [5.74, 6) is 0.536. The largest absolute Gasteiger partial charge is 0.457 e. The number of carbonyl (C=O) groups excluding carboxylic acids is 1. The Labute approximate surface area is 175 Å². The number of benzene rings is 2. The third-order valence-electron chi connectivity index (χ3n) is 4.10. The van der Waals surface area contributed by atoms with Gasteiger partial charge in [0, 0.05) is 31.3 Å². The van der Waals surface area contributed by atoms with Crippen LogP contribution in [0.2, 0.25) is 0 Å². The number of aromatic nitrogens is 2. The zero-order valence-electron chi connectivity index (χ0n) is 15.9. The van der Waals surface area contributed by atoms with E-state index in [2.05, 4.69) is 26.3 Å². The molecule has 3 rings (SSSR count). The molecule has 0 atom stereocenters. The van der Waals surface area contributed by atoms with Crippen molar-refractivity contribution in [1.82, 2.24) is 9.78 Å². The Morgan fingerprint density at radius 2 is 1.93 bits per heavy atom. The quantitative estimate of drug-likeness (QED) is 0.396. The molecular formula is C20H19BrN4O4. The van der Waals surface area contributed by atoms with E-state index in [9.17, 15) is 14.9 Å². The molecule has 1 heterocycles. The number of amides is 1. The van der Waals surface area contributed by atoms with Crippen molar-refractivity contribution in [2.75, 3.05) is 5.32 Å². The maximum Gasteiger partial charge on any atom is 0.275 e. The minimum absolute atomic E-state index is 0.170. The van der Waals surface area contributed by atoms with Crippen LogP contribution in [-0.2, 0) is 11.3 Å². The predicted octanol–water partition coefficient (Wildman–Crippen LogP) is 4.99. The highest BCUT2D eigenvalue weighted by molar-refractivity contribution is 9.10. The van der Waals surface area contributed by atoms with E-state index in [0.29, 0.717) is 18.0 Å². The molecule has 8 nitrogen and oxygen atoms in total. The molecule has 9 heteroatoms. The number of ether oxygens (including phenoxy) is 1. The van der Waals surface area contributed by atoms with E-state index in [1.807, 2.05) is 26.0 Å². The monoisotopic (exact) mass is 458 g/mol. The molecule has 2 aromatic carbocycles. The second-order valence-electron chi connectivity index (χ2n) is 6.51. The summed E-state index contributed by atoms with van der Waals surface area (Å²) < 4.78 is 8.25. The van der Waals surface area contributed by atoms with E-state index in [0.717, 1.165) is 15.7 Å². The molecule has 0 bridgehead atoms. The van der Waals surface area contributed by atoms with E-state index in [1.165, 1.54) is 12.1 Å². The molecule has 29 heavy (non-hydrogen) atoms. The number of nitro benzene ring substituents is 1. The first-order valence-electron chi connectivity index (χ1n) is 8.83. The van der Waals surface area contributed by atoms with Crippen molar-refractivity contribution < 1.29 is 14.5 Å². The van der Waals surface area contributed by atoms with Crippen LogP contribution in [0.4, 0.5) is 11.4 Å². The van der Waals surface area contributed by atoms with Crippen LogP contribution in [0, 0.1) is 24.0 Å². The van der Waals surface area contributed by atoms with Crippen molar-refractivity contribution in [2.45, 2.75) is 26.8 Å². The molecule has 1 amide bonds.